The molecule has 1 aliphatic rings. The average molecular weight is 335 g/mol. The molecule has 25 heavy (non-hydrogen) atoms. The predicted octanol–water partition coefficient (Wildman–Crippen LogP) is 4.06. The van der Waals surface area contributed by atoms with E-state index in [0.717, 1.165) is 25.9 Å². The molecule has 1 saturated heterocycles. The lowest BCUT2D eigenvalue weighted by Gasteiger charge is -2.26. The van der Waals surface area contributed by atoms with Crippen molar-refractivity contribution in [3.63, 3.8) is 0 Å². The third kappa shape index (κ3) is 3.09. The van der Waals surface area contributed by atoms with Crippen LogP contribution in [-0.2, 0) is 0 Å². The van der Waals surface area contributed by atoms with E-state index in [-0.39, 0.29) is 11.7 Å². The van der Waals surface area contributed by atoms with Crippen LogP contribution in [0.3, 0.4) is 0 Å². The van der Waals surface area contributed by atoms with Crippen LogP contribution in [0.15, 0.2) is 48.8 Å². The van der Waals surface area contributed by atoms with Crippen molar-refractivity contribution in [2.24, 2.45) is 0 Å². The Hall–Kier alpha value is -2.82. The van der Waals surface area contributed by atoms with Gasteiger partial charge in [-0.1, -0.05) is 6.07 Å². The molecule has 2 aromatic heterocycles. The van der Waals surface area contributed by atoms with E-state index in [1.807, 2.05) is 11.0 Å². The van der Waals surface area contributed by atoms with E-state index in [0.29, 0.717) is 27.7 Å². The summed E-state index contributed by atoms with van der Waals surface area (Å²) in [5, 5.41) is 0.715. The largest absolute Gasteiger partial charge is 0.339 e. The summed E-state index contributed by atoms with van der Waals surface area (Å²) in [5.74, 6) is -0.331. The number of nitrogens with zero attached hydrogens (tertiary/aromatic N) is 3. The van der Waals surface area contributed by atoms with Gasteiger partial charge in [-0.05, 0) is 49.6 Å². The molecule has 0 unspecified atom stereocenters. The zero-order chi connectivity index (χ0) is 17.2. The first-order chi connectivity index (χ1) is 12.2. The number of hydrogen-bond acceptors (Lipinski definition) is 3. The summed E-state index contributed by atoms with van der Waals surface area (Å²) >= 11 is 0. The molecular formula is C20H18FN3O. The summed E-state index contributed by atoms with van der Waals surface area (Å²) in [4.78, 5) is 23.3. The summed E-state index contributed by atoms with van der Waals surface area (Å²) in [6.45, 7) is 1.59. The smallest absolute Gasteiger partial charge is 0.253 e. The van der Waals surface area contributed by atoms with Crippen molar-refractivity contribution in [1.29, 1.82) is 0 Å². The standard InChI is InChI=1S/C20H18FN3O/c21-16-11-14-5-4-7-23-19(14)17(13-16)18-12-15(6-8-22-18)20(25)24-9-2-1-3-10-24/h4-8,11-13H,1-3,9-10H2. The highest BCUT2D eigenvalue weighted by molar-refractivity contribution is 5.97. The minimum absolute atomic E-state index is 0.0111. The summed E-state index contributed by atoms with van der Waals surface area (Å²) in [6.07, 6.45) is 6.54. The molecular weight excluding hydrogens is 317 g/mol. The first-order valence-electron chi connectivity index (χ1n) is 8.52. The second-order valence-electron chi connectivity index (χ2n) is 6.31. The van der Waals surface area contributed by atoms with Crippen LogP contribution < -0.4 is 0 Å². The number of carbonyl (C=O) groups is 1. The summed E-state index contributed by atoms with van der Waals surface area (Å²) < 4.78 is 14.0. The second kappa shape index (κ2) is 6.59. The van der Waals surface area contributed by atoms with Crippen molar-refractivity contribution in [3.05, 3.63) is 60.2 Å². The maximum absolute atomic E-state index is 14.0. The van der Waals surface area contributed by atoms with Crippen molar-refractivity contribution in [2.45, 2.75) is 19.3 Å². The van der Waals surface area contributed by atoms with Crippen molar-refractivity contribution >= 4 is 16.8 Å². The lowest BCUT2D eigenvalue weighted by molar-refractivity contribution is 0.0724. The van der Waals surface area contributed by atoms with E-state index in [1.165, 1.54) is 18.6 Å². The number of likely N-dealkylation sites (tertiary alicyclic amines) is 1. The van der Waals surface area contributed by atoms with Gasteiger partial charge in [0.15, 0.2) is 0 Å². The minimum Gasteiger partial charge on any atom is -0.339 e. The Labute approximate surface area is 145 Å². The first kappa shape index (κ1) is 15.7. The normalized spacial score (nSPS) is 14.7. The topological polar surface area (TPSA) is 46.1 Å². The maximum Gasteiger partial charge on any atom is 0.253 e. The number of pyridine rings is 2. The van der Waals surface area contributed by atoms with E-state index in [9.17, 15) is 9.18 Å². The van der Waals surface area contributed by atoms with Gasteiger partial charge in [0.2, 0.25) is 0 Å². The van der Waals surface area contributed by atoms with Crippen LogP contribution in [-0.4, -0.2) is 33.9 Å². The molecule has 3 aromatic rings. The van der Waals surface area contributed by atoms with Crippen LogP contribution in [0, 0.1) is 5.82 Å². The summed E-state index contributed by atoms with van der Waals surface area (Å²) in [7, 11) is 0. The SMILES string of the molecule is O=C(c1ccnc(-c2cc(F)cc3cccnc23)c1)N1CCCCC1. The fourth-order valence-electron chi connectivity index (χ4n) is 3.34. The number of hydrogen-bond donors (Lipinski definition) is 0. The summed E-state index contributed by atoms with van der Waals surface area (Å²) in [6, 6.07) is 9.92. The van der Waals surface area contributed by atoms with Crippen molar-refractivity contribution in [3.8, 4) is 11.3 Å². The van der Waals surface area contributed by atoms with Gasteiger partial charge in [0, 0.05) is 42.0 Å². The summed E-state index contributed by atoms with van der Waals surface area (Å²) in [5.41, 5.74) is 2.43. The van der Waals surface area contributed by atoms with Gasteiger partial charge in [-0.15, -0.1) is 0 Å². The van der Waals surface area contributed by atoms with Crippen LogP contribution >= 0.6 is 0 Å². The molecule has 126 valence electrons. The Kier molecular flexibility index (Phi) is 4.14. The maximum atomic E-state index is 14.0. The number of benzene rings is 1. The third-order valence-electron chi connectivity index (χ3n) is 4.60. The van der Waals surface area contributed by atoms with Gasteiger partial charge in [0.25, 0.3) is 5.91 Å². The predicted molar refractivity (Wildman–Crippen MR) is 94.7 cm³/mol. The number of fused-ring (bicyclic) bond motifs is 1. The molecule has 1 aliphatic heterocycles. The fraction of sp³-hybridized carbons (Fsp3) is 0.250. The number of aromatic nitrogens is 2. The third-order valence-corrected chi connectivity index (χ3v) is 4.60. The van der Waals surface area contributed by atoms with Gasteiger partial charge in [-0.3, -0.25) is 14.8 Å². The number of rotatable bonds is 2. The Morgan fingerprint density at radius 2 is 1.84 bits per heavy atom. The van der Waals surface area contributed by atoms with Crippen molar-refractivity contribution in [1.82, 2.24) is 14.9 Å². The molecule has 0 atom stereocenters. The Morgan fingerprint density at radius 1 is 1.00 bits per heavy atom. The monoisotopic (exact) mass is 335 g/mol. The van der Waals surface area contributed by atoms with Crippen LogP contribution in [0.25, 0.3) is 22.2 Å². The van der Waals surface area contributed by atoms with Gasteiger partial charge in [0.1, 0.15) is 5.82 Å². The van der Waals surface area contributed by atoms with Crippen LogP contribution in [0.5, 0.6) is 0 Å². The molecule has 5 heteroatoms. The highest BCUT2D eigenvalue weighted by Crippen LogP contribution is 2.28. The quantitative estimate of drug-likeness (QED) is 0.709. The second-order valence-corrected chi connectivity index (χ2v) is 6.31. The number of halogens is 1. The molecule has 0 bridgehead atoms. The molecule has 0 saturated carbocycles. The minimum atomic E-state index is -0.343. The number of piperidine rings is 1. The molecule has 1 amide bonds. The number of carbonyl (C=O) groups excluding carboxylic acids is 1. The van der Waals surface area contributed by atoms with Gasteiger partial charge in [-0.25, -0.2) is 4.39 Å². The molecule has 0 radical (unpaired) electrons. The van der Waals surface area contributed by atoms with E-state index < -0.39 is 0 Å². The molecule has 1 fully saturated rings. The van der Waals surface area contributed by atoms with Gasteiger partial charge in [-0.2, -0.15) is 0 Å². The Balaban J connectivity index is 1.76. The van der Waals surface area contributed by atoms with E-state index in [4.69, 9.17) is 0 Å². The molecule has 4 nitrogen and oxygen atoms in total. The molecule has 1 aromatic carbocycles. The van der Waals surface area contributed by atoms with Crippen LogP contribution in [0.4, 0.5) is 4.39 Å². The highest BCUT2D eigenvalue weighted by Gasteiger charge is 2.19. The lowest BCUT2D eigenvalue weighted by Crippen LogP contribution is -2.35. The zero-order valence-electron chi connectivity index (χ0n) is 13.8. The molecule has 3 heterocycles. The number of amides is 1. The molecule has 4 rings (SSSR count). The highest BCUT2D eigenvalue weighted by atomic mass is 19.1. The van der Waals surface area contributed by atoms with Crippen LogP contribution in [0.1, 0.15) is 29.6 Å². The molecule has 0 N–H and O–H groups in total. The average Bonchev–Trinajstić information content (AvgIpc) is 2.67. The zero-order valence-corrected chi connectivity index (χ0v) is 13.8. The van der Waals surface area contributed by atoms with E-state index >= 15 is 0 Å². The lowest BCUT2D eigenvalue weighted by atomic mass is 10.0. The fourth-order valence-corrected chi connectivity index (χ4v) is 3.34. The van der Waals surface area contributed by atoms with Gasteiger partial charge in [0.05, 0.1) is 11.2 Å². The van der Waals surface area contributed by atoms with Gasteiger partial charge >= 0.3 is 0 Å². The van der Waals surface area contributed by atoms with Gasteiger partial charge < -0.3 is 4.90 Å². The van der Waals surface area contributed by atoms with Crippen molar-refractivity contribution < 1.29 is 9.18 Å². The Morgan fingerprint density at radius 3 is 2.68 bits per heavy atom. The first-order valence-corrected chi connectivity index (χ1v) is 8.52. The van der Waals surface area contributed by atoms with E-state index in [2.05, 4.69) is 9.97 Å². The molecule has 0 spiro atoms. The molecule has 0 aliphatic carbocycles. The van der Waals surface area contributed by atoms with Crippen LogP contribution in [0.2, 0.25) is 0 Å². The van der Waals surface area contributed by atoms with E-state index in [1.54, 1.807) is 30.6 Å². The van der Waals surface area contributed by atoms with Crippen molar-refractivity contribution in [2.75, 3.05) is 13.1 Å². The Bertz CT molecular complexity index is 935.